The summed E-state index contributed by atoms with van der Waals surface area (Å²) in [5, 5.41) is -1.20. The fourth-order valence-electron chi connectivity index (χ4n) is 1.87. The Labute approximate surface area is 152 Å². The van der Waals surface area contributed by atoms with Crippen LogP contribution in [0.3, 0.4) is 0 Å². The molecule has 1 aromatic heterocycles. The van der Waals surface area contributed by atoms with Gasteiger partial charge in [-0.15, -0.1) is 13.2 Å². The van der Waals surface area contributed by atoms with E-state index in [0.29, 0.717) is 12.3 Å². The number of alkyl halides is 6. The summed E-state index contributed by atoms with van der Waals surface area (Å²) in [4.78, 5) is 14.7. The van der Waals surface area contributed by atoms with Crippen LogP contribution in [0.5, 0.6) is 23.0 Å². The molecule has 27 heavy (non-hydrogen) atoms. The molecule has 1 heterocycles. The van der Waals surface area contributed by atoms with E-state index in [1.807, 2.05) is 0 Å². The first-order valence-corrected chi connectivity index (χ1v) is 7.17. The van der Waals surface area contributed by atoms with Crippen LogP contribution in [0.2, 0.25) is 0 Å². The molecule has 1 aromatic carbocycles. The van der Waals surface area contributed by atoms with Crippen LogP contribution in [0.4, 0.5) is 26.3 Å². The summed E-state index contributed by atoms with van der Waals surface area (Å²) in [6.07, 6.45) is -9.36. The highest BCUT2D eigenvalue weighted by atomic mass is 35.5. The van der Waals surface area contributed by atoms with E-state index < -0.39 is 40.5 Å². The summed E-state index contributed by atoms with van der Waals surface area (Å²) >= 11 is 5.27. The van der Waals surface area contributed by atoms with Gasteiger partial charge in [-0.3, -0.25) is 4.79 Å². The Hall–Kier alpha value is -2.69. The largest absolute Gasteiger partial charge is 0.573 e. The fraction of sp³-hybridized carbons (Fsp3) is 0.200. The van der Waals surface area contributed by atoms with Crippen LogP contribution in [0, 0.1) is 0 Å². The van der Waals surface area contributed by atoms with Gasteiger partial charge in [0.15, 0.2) is 22.9 Å². The number of halogens is 7. The van der Waals surface area contributed by atoms with Crippen LogP contribution >= 0.6 is 11.6 Å². The van der Waals surface area contributed by atoms with Crippen molar-refractivity contribution in [1.82, 2.24) is 4.98 Å². The van der Waals surface area contributed by atoms with E-state index in [0.717, 1.165) is 25.3 Å². The molecule has 0 aliphatic heterocycles. The van der Waals surface area contributed by atoms with Gasteiger partial charge in [-0.2, -0.15) is 13.2 Å². The van der Waals surface area contributed by atoms with Crippen LogP contribution < -0.4 is 14.2 Å². The summed E-state index contributed by atoms with van der Waals surface area (Å²) in [5.74, 6) is -1.91. The number of benzene rings is 1. The van der Waals surface area contributed by atoms with E-state index in [2.05, 4.69) is 9.72 Å². The Morgan fingerprint density at radius 1 is 1.04 bits per heavy atom. The quantitative estimate of drug-likeness (QED) is 0.497. The molecule has 2 aromatic rings. The van der Waals surface area contributed by atoms with Crippen molar-refractivity contribution >= 4 is 16.8 Å². The zero-order valence-corrected chi connectivity index (χ0v) is 13.9. The van der Waals surface area contributed by atoms with Gasteiger partial charge in [0.1, 0.15) is 5.75 Å². The number of nitrogens with zero attached hydrogens (tertiary/aromatic N) is 1. The molecule has 0 aliphatic rings. The summed E-state index contributed by atoms with van der Waals surface area (Å²) in [6, 6.07) is 3.06. The molecule has 12 heteroatoms. The minimum atomic E-state index is -4.96. The zero-order chi connectivity index (χ0) is 20.4. The van der Waals surface area contributed by atoms with Gasteiger partial charge in [0.05, 0.1) is 12.7 Å². The maximum atomic E-state index is 12.8. The van der Waals surface area contributed by atoms with Crippen molar-refractivity contribution in [2.45, 2.75) is 12.5 Å². The standard InChI is InChI=1S/C15H8ClF6NO4/c1-25-10-5-8(27-15(20,21)22)2-3-9(10)26-11-4-7(14(17,18)19)6-23-12(11)13(16)24/h2-6H,1H3. The number of hydrogen-bond acceptors (Lipinski definition) is 5. The van der Waals surface area contributed by atoms with Crippen molar-refractivity contribution in [3.05, 3.63) is 41.7 Å². The van der Waals surface area contributed by atoms with E-state index in [4.69, 9.17) is 21.1 Å². The van der Waals surface area contributed by atoms with E-state index >= 15 is 0 Å². The van der Waals surface area contributed by atoms with Gasteiger partial charge >= 0.3 is 12.5 Å². The third-order valence-electron chi connectivity index (χ3n) is 2.95. The smallest absolute Gasteiger partial charge is 0.493 e. The molecule has 0 spiro atoms. The number of ether oxygens (including phenoxy) is 3. The van der Waals surface area contributed by atoms with E-state index in [-0.39, 0.29) is 11.5 Å². The van der Waals surface area contributed by atoms with Crippen molar-refractivity contribution in [1.29, 1.82) is 0 Å². The molecule has 0 atom stereocenters. The zero-order valence-electron chi connectivity index (χ0n) is 13.1. The van der Waals surface area contributed by atoms with E-state index in [1.54, 1.807) is 0 Å². The van der Waals surface area contributed by atoms with Gasteiger partial charge in [-0.1, -0.05) is 0 Å². The van der Waals surface area contributed by atoms with Crippen molar-refractivity contribution in [2.24, 2.45) is 0 Å². The van der Waals surface area contributed by atoms with Crippen LogP contribution in [-0.2, 0) is 6.18 Å². The lowest BCUT2D eigenvalue weighted by atomic mass is 10.2. The van der Waals surface area contributed by atoms with Crippen LogP contribution in [0.25, 0.3) is 0 Å². The SMILES string of the molecule is COc1cc(OC(F)(F)F)ccc1Oc1cc(C(F)(F)F)cnc1C(=O)Cl. The molecule has 146 valence electrons. The Kier molecular flexibility index (Phi) is 5.73. The number of rotatable bonds is 5. The lowest BCUT2D eigenvalue weighted by Crippen LogP contribution is -2.17. The van der Waals surface area contributed by atoms with Gasteiger partial charge in [0, 0.05) is 12.3 Å². The first-order chi connectivity index (χ1) is 12.4. The normalized spacial score (nSPS) is 11.9. The third kappa shape index (κ3) is 5.39. The highest BCUT2D eigenvalue weighted by Crippen LogP contribution is 2.39. The molecular weight excluding hydrogens is 408 g/mol. The lowest BCUT2D eigenvalue weighted by Gasteiger charge is -2.15. The molecule has 0 bridgehead atoms. The van der Waals surface area contributed by atoms with E-state index in [9.17, 15) is 31.1 Å². The Morgan fingerprint density at radius 3 is 2.22 bits per heavy atom. The second-order valence-corrected chi connectivity index (χ2v) is 5.15. The second-order valence-electron chi connectivity index (χ2n) is 4.80. The van der Waals surface area contributed by atoms with Gasteiger partial charge in [0.25, 0.3) is 5.24 Å². The molecule has 0 saturated carbocycles. The predicted molar refractivity (Wildman–Crippen MR) is 79.2 cm³/mol. The minimum Gasteiger partial charge on any atom is -0.493 e. The Balaban J connectivity index is 2.44. The Bertz CT molecular complexity index is 853. The maximum absolute atomic E-state index is 12.8. The molecule has 0 radical (unpaired) electrons. The van der Waals surface area contributed by atoms with Crippen LogP contribution in [0.1, 0.15) is 16.1 Å². The summed E-state index contributed by atoms with van der Waals surface area (Å²) < 4.78 is 89.0. The summed E-state index contributed by atoms with van der Waals surface area (Å²) in [7, 11) is 1.08. The molecule has 0 amide bonds. The first kappa shape index (κ1) is 20.6. The second kappa shape index (κ2) is 7.51. The molecule has 0 unspecified atom stereocenters. The summed E-state index contributed by atoms with van der Waals surface area (Å²) in [5.41, 5.74) is -1.85. The monoisotopic (exact) mass is 415 g/mol. The van der Waals surface area contributed by atoms with Crippen molar-refractivity contribution in [2.75, 3.05) is 7.11 Å². The van der Waals surface area contributed by atoms with Crippen LogP contribution in [-0.4, -0.2) is 23.7 Å². The van der Waals surface area contributed by atoms with Gasteiger partial charge in [-0.25, -0.2) is 4.98 Å². The van der Waals surface area contributed by atoms with Crippen molar-refractivity contribution < 1.29 is 45.3 Å². The van der Waals surface area contributed by atoms with Gasteiger partial charge in [-0.05, 0) is 29.8 Å². The minimum absolute atomic E-state index is 0.299. The predicted octanol–water partition coefficient (Wildman–Crippen LogP) is 5.18. The maximum Gasteiger partial charge on any atom is 0.573 e. The molecule has 0 saturated heterocycles. The van der Waals surface area contributed by atoms with E-state index in [1.165, 1.54) is 0 Å². The van der Waals surface area contributed by atoms with Crippen molar-refractivity contribution in [3.63, 3.8) is 0 Å². The number of methoxy groups -OCH3 is 1. The first-order valence-electron chi connectivity index (χ1n) is 6.79. The van der Waals surface area contributed by atoms with Gasteiger partial charge < -0.3 is 14.2 Å². The molecular formula is C15H8ClF6NO4. The molecule has 0 fully saturated rings. The average Bonchev–Trinajstić information content (AvgIpc) is 2.53. The fourth-order valence-corrected chi connectivity index (χ4v) is 2.01. The summed E-state index contributed by atoms with van der Waals surface area (Å²) in [6.45, 7) is 0. The topological polar surface area (TPSA) is 57.6 Å². The Morgan fingerprint density at radius 2 is 1.70 bits per heavy atom. The average molecular weight is 416 g/mol. The highest BCUT2D eigenvalue weighted by Gasteiger charge is 2.33. The number of aromatic nitrogens is 1. The molecule has 5 nitrogen and oxygen atoms in total. The van der Waals surface area contributed by atoms with Crippen molar-refractivity contribution in [3.8, 4) is 23.0 Å². The highest BCUT2D eigenvalue weighted by molar-refractivity contribution is 6.67. The number of carbonyl (C=O) groups excluding carboxylic acids is 1. The molecule has 0 N–H and O–H groups in total. The lowest BCUT2D eigenvalue weighted by molar-refractivity contribution is -0.274. The number of hydrogen-bond donors (Lipinski definition) is 0. The third-order valence-corrected chi connectivity index (χ3v) is 3.13. The molecule has 0 aliphatic carbocycles. The molecule has 2 rings (SSSR count). The van der Waals surface area contributed by atoms with Gasteiger partial charge in [0.2, 0.25) is 0 Å². The number of pyridine rings is 1. The van der Waals surface area contributed by atoms with Crippen LogP contribution in [0.15, 0.2) is 30.5 Å². The number of carbonyl (C=O) groups is 1.